The summed E-state index contributed by atoms with van der Waals surface area (Å²) in [6.07, 6.45) is 0.864. The molecular formula is C15H16Cl2N2. The first-order valence-corrected chi connectivity index (χ1v) is 6.90. The second-order valence-electron chi connectivity index (χ2n) is 4.36. The van der Waals surface area contributed by atoms with E-state index >= 15 is 0 Å². The van der Waals surface area contributed by atoms with Crippen LogP contribution in [-0.2, 0) is 13.0 Å². The van der Waals surface area contributed by atoms with Gasteiger partial charge in [-0.05, 0) is 42.3 Å². The molecule has 2 rings (SSSR count). The fraction of sp³-hybridized carbons (Fsp3) is 0.200. The number of nitrogens with one attached hydrogen (secondary N) is 1. The van der Waals surface area contributed by atoms with Crippen LogP contribution in [0.1, 0.15) is 11.1 Å². The number of anilines is 1. The number of para-hydroxylation sites is 1. The summed E-state index contributed by atoms with van der Waals surface area (Å²) >= 11 is 12.0. The SMILES string of the molecule is Nc1ccccc1CNCCc1ccc(Cl)cc1Cl. The van der Waals surface area contributed by atoms with E-state index in [1.54, 1.807) is 6.07 Å². The maximum atomic E-state index is 6.12. The van der Waals surface area contributed by atoms with Crippen LogP contribution in [0, 0.1) is 0 Å². The van der Waals surface area contributed by atoms with Crippen LogP contribution >= 0.6 is 23.2 Å². The van der Waals surface area contributed by atoms with Gasteiger partial charge in [0.05, 0.1) is 0 Å². The van der Waals surface area contributed by atoms with Crippen molar-refractivity contribution in [2.45, 2.75) is 13.0 Å². The van der Waals surface area contributed by atoms with Crippen molar-refractivity contribution >= 4 is 28.9 Å². The third-order valence-corrected chi connectivity index (χ3v) is 3.54. The fourth-order valence-corrected chi connectivity index (χ4v) is 2.37. The molecule has 0 aliphatic heterocycles. The summed E-state index contributed by atoms with van der Waals surface area (Å²) in [6, 6.07) is 13.5. The van der Waals surface area contributed by atoms with Gasteiger partial charge in [-0.15, -0.1) is 0 Å². The minimum absolute atomic E-state index is 0.666. The van der Waals surface area contributed by atoms with Crippen molar-refractivity contribution in [2.75, 3.05) is 12.3 Å². The zero-order valence-electron chi connectivity index (χ0n) is 10.5. The van der Waals surface area contributed by atoms with E-state index in [4.69, 9.17) is 28.9 Å². The van der Waals surface area contributed by atoms with Gasteiger partial charge in [0, 0.05) is 22.3 Å². The summed E-state index contributed by atoms with van der Waals surface area (Å²) in [6.45, 7) is 1.60. The van der Waals surface area contributed by atoms with Crippen molar-refractivity contribution in [1.29, 1.82) is 0 Å². The first kappa shape index (κ1) is 14.2. The van der Waals surface area contributed by atoms with Gasteiger partial charge in [-0.1, -0.05) is 47.5 Å². The first-order chi connectivity index (χ1) is 9.16. The van der Waals surface area contributed by atoms with Crippen LogP contribution in [0.4, 0.5) is 5.69 Å². The minimum atomic E-state index is 0.666. The maximum Gasteiger partial charge on any atom is 0.0453 e. The van der Waals surface area contributed by atoms with E-state index in [1.165, 1.54) is 0 Å². The molecule has 0 spiro atoms. The summed E-state index contributed by atoms with van der Waals surface area (Å²) in [5, 5.41) is 4.74. The molecule has 0 saturated heterocycles. The Morgan fingerprint density at radius 2 is 1.79 bits per heavy atom. The van der Waals surface area contributed by atoms with E-state index in [-0.39, 0.29) is 0 Å². The Morgan fingerprint density at radius 1 is 1.00 bits per heavy atom. The molecule has 0 aliphatic rings. The van der Waals surface area contributed by atoms with E-state index in [0.717, 1.165) is 36.3 Å². The third kappa shape index (κ3) is 4.13. The number of hydrogen-bond acceptors (Lipinski definition) is 2. The Morgan fingerprint density at radius 3 is 2.53 bits per heavy atom. The van der Waals surface area contributed by atoms with Gasteiger partial charge >= 0.3 is 0 Å². The van der Waals surface area contributed by atoms with Crippen LogP contribution in [0.25, 0.3) is 0 Å². The van der Waals surface area contributed by atoms with Crippen LogP contribution < -0.4 is 11.1 Å². The molecule has 3 N–H and O–H groups in total. The standard InChI is InChI=1S/C15H16Cl2N2/c16-13-6-5-11(14(17)9-13)7-8-19-10-12-3-1-2-4-15(12)18/h1-6,9,19H,7-8,10,18H2. The highest BCUT2D eigenvalue weighted by atomic mass is 35.5. The molecule has 0 unspecified atom stereocenters. The molecule has 0 bridgehead atoms. The number of nitrogens with two attached hydrogens (primary N) is 1. The van der Waals surface area contributed by atoms with E-state index in [2.05, 4.69) is 5.32 Å². The Hall–Kier alpha value is -1.22. The predicted molar refractivity (Wildman–Crippen MR) is 82.7 cm³/mol. The lowest BCUT2D eigenvalue weighted by Gasteiger charge is -2.08. The summed E-state index contributed by atoms with van der Waals surface area (Å²) in [4.78, 5) is 0. The number of hydrogen-bond donors (Lipinski definition) is 2. The smallest absolute Gasteiger partial charge is 0.0453 e. The molecule has 2 nitrogen and oxygen atoms in total. The van der Waals surface area contributed by atoms with Gasteiger partial charge in [0.1, 0.15) is 0 Å². The molecule has 0 saturated carbocycles. The third-order valence-electron chi connectivity index (χ3n) is 2.96. The van der Waals surface area contributed by atoms with Crippen LogP contribution in [-0.4, -0.2) is 6.54 Å². The number of halogens is 2. The molecule has 100 valence electrons. The molecule has 19 heavy (non-hydrogen) atoms. The molecule has 2 aromatic carbocycles. The van der Waals surface area contributed by atoms with Gasteiger partial charge < -0.3 is 11.1 Å². The molecule has 0 aromatic heterocycles. The van der Waals surface area contributed by atoms with Crippen LogP contribution in [0.3, 0.4) is 0 Å². The Balaban J connectivity index is 1.83. The fourth-order valence-electron chi connectivity index (χ4n) is 1.87. The quantitative estimate of drug-likeness (QED) is 0.648. The Labute approximate surface area is 123 Å². The zero-order valence-corrected chi connectivity index (χ0v) is 12.0. The summed E-state index contributed by atoms with van der Waals surface area (Å²) in [5.74, 6) is 0. The Bertz CT molecular complexity index is 556. The molecule has 0 aliphatic carbocycles. The highest BCUT2D eigenvalue weighted by molar-refractivity contribution is 6.35. The highest BCUT2D eigenvalue weighted by Gasteiger charge is 2.01. The summed E-state index contributed by atoms with van der Waals surface area (Å²) in [7, 11) is 0. The van der Waals surface area contributed by atoms with Crippen molar-refractivity contribution in [3.63, 3.8) is 0 Å². The second kappa shape index (κ2) is 6.80. The van der Waals surface area contributed by atoms with E-state index < -0.39 is 0 Å². The lowest BCUT2D eigenvalue weighted by atomic mass is 10.1. The van der Waals surface area contributed by atoms with Crippen LogP contribution in [0.5, 0.6) is 0 Å². The minimum Gasteiger partial charge on any atom is -0.398 e. The lowest BCUT2D eigenvalue weighted by molar-refractivity contribution is 0.688. The van der Waals surface area contributed by atoms with Gasteiger partial charge in [-0.2, -0.15) is 0 Å². The van der Waals surface area contributed by atoms with Crippen LogP contribution in [0.2, 0.25) is 10.0 Å². The van der Waals surface area contributed by atoms with Gasteiger partial charge in [-0.3, -0.25) is 0 Å². The van der Waals surface area contributed by atoms with Gasteiger partial charge in [0.2, 0.25) is 0 Å². The Kier molecular flexibility index (Phi) is 5.08. The number of rotatable bonds is 5. The molecular weight excluding hydrogens is 279 g/mol. The van der Waals surface area contributed by atoms with Crippen molar-refractivity contribution in [3.05, 3.63) is 63.6 Å². The van der Waals surface area contributed by atoms with Crippen molar-refractivity contribution in [1.82, 2.24) is 5.32 Å². The van der Waals surface area contributed by atoms with Gasteiger partial charge in [0.15, 0.2) is 0 Å². The summed E-state index contributed by atoms with van der Waals surface area (Å²) < 4.78 is 0. The van der Waals surface area contributed by atoms with Crippen LogP contribution in [0.15, 0.2) is 42.5 Å². The topological polar surface area (TPSA) is 38.0 Å². The zero-order chi connectivity index (χ0) is 13.7. The predicted octanol–water partition coefficient (Wildman–Crippen LogP) is 3.91. The van der Waals surface area contributed by atoms with E-state index in [1.807, 2.05) is 36.4 Å². The molecule has 0 heterocycles. The average Bonchev–Trinajstić information content (AvgIpc) is 2.38. The molecule has 0 radical (unpaired) electrons. The molecule has 4 heteroatoms. The second-order valence-corrected chi connectivity index (χ2v) is 5.20. The number of benzene rings is 2. The molecule has 0 fully saturated rings. The maximum absolute atomic E-state index is 6.12. The molecule has 2 aromatic rings. The highest BCUT2D eigenvalue weighted by Crippen LogP contribution is 2.21. The monoisotopic (exact) mass is 294 g/mol. The lowest BCUT2D eigenvalue weighted by Crippen LogP contribution is -2.17. The average molecular weight is 295 g/mol. The van der Waals surface area contributed by atoms with E-state index in [9.17, 15) is 0 Å². The van der Waals surface area contributed by atoms with Crippen molar-refractivity contribution in [2.24, 2.45) is 0 Å². The van der Waals surface area contributed by atoms with Crippen molar-refractivity contribution in [3.8, 4) is 0 Å². The van der Waals surface area contributed by atoms with Crippen molar-refractivity contribution < 1.29 is 0 Å². The van der Waals surface area contributed by atoms with E-state index in [0.29, 0.717) is 10.0 Å². The first-order valence-electron chi connectivity index (χ1n) is 6.15. The normalized spacial score (nSPS) is 10.6. The summed E-state index contributed by atoms with van der Waals surface area (Å²) in [5.41, 5.74) is 8.91. The largest absolute Gasteiger partial charge is 0.398 e. The molecule has 0 atom stereocenters. The number of nitrogen functional groups attached to an aromatic ring is 1. The molecule has 0 amide bonds. The van der Waals surface area contributed by atoms with Gasteiger partial charge in [0.25, 0.3) is 0 Å². The van der Waals surface area contributed by atoms with Gasteiger partial charge in [-0.25, -0.2) is 0 Å².